The third-order valence-electron chi connectivity index (χ3n) is 12.5. The van der Waals surface area contributed by atoms with Gasteiger partial charge >= 0.3 is 5.97 Å². The molecule has 0 spiro atoms. The summed E-state index contributed by atoms with van der Waals surface area (Å²) in [6, 6.07) is -0.702. The molecule has 3 atom stereocenters. The Morgan fingerprint density at radius 3 is 1.32 bits per heavy atom. The molecular formula is C56H105NO5. The molecule has 3 N–H and O–H groups in total. The number of hydrogen-bond acceptors (Lipinski definition) is 5. The summed E-state index contributed by atoms with van der Waals surface area (Å²) in [5.74, 6) is -0.476. The Labute approximate surface area is 385 Å². The number of hydrogen-bond donors (Lipinski definition) is 3. The number of nitrogens with one attached hydrogen (secondary N) is 1. The second-order valence-corrected chi connectivity index (χ2v) is 18.6. The second kappa shape index (κ2) is 50.1. The molecule has 0 bridgehead atoms. The fourth-order valence-corrected chi connectivity index (χ4v) is 8.35. The lowest BCUT2D eigenvalue weighted by molar-refractivity contribution is -0.151. The van der Waals surface area contributed by atoms with Gasteiger partial charge in [0.2, 0.25) is 5.91 Å². The van der Waals surface area contributed by atoms with Crippen molar-refractivity contribution >= 4 is 11.9 Å². The van der Waals surface area contributed by atoms with Crippen molar-refractivity contribution in [1.82, 2.24) is 5.32 Å². The zero-order chi connectivity index (χ0) is 45.2. The van der Waals surface area contributed by atoms with Crippen LogP contribution in [-0.2, 0) is 14.3 Å². The van der Waals surface area contributed by atoms with E-state index >= 15 is 0 Å². The molecule has 0 saturated heterocycles. The van der Waals surface area contributed by atoms with E-state index in [1.165, 1.54) is 167 Å². The minimum Gasteiger partial charge on any atom is -0.462 e. The Morgan fingerprint density at radius 2 is 0.871 bits per heavy atom. The van der Waals surface area contributed by atoms with Crippen molar-refractivity contribution in [3.05, 3.63) is 36.5 Å². The lowest BCUT2D eigenvalue weighted by Gasteiger charge is -2.24. The maximum Gasteiger partial charge on any atom is 0.306 e. The van der Waals surface area contributed by atoms with Crippen molar-refractivity contribution in [3.63, 3.8) is 0 Å². The van der Waals surface area contributed by atoms with E-state index in [-0.39, 0.29) is 24.9 Å². The van der Waals surface area contributed by atoms with Crippen LogP contribution in [0.5, 0.6) is 0 Å². The Hall–Kier alpha value is -1.92. The van der Waals surface area contributed by atoms with Crippen molar-refractivity contribution in [3.8, 4) is 0 Å². The van der Waals surface area contributed by atoms with Gasteiger partial charge in [0.25, 0.3) is 0 Å². The van der Waals surface area contributed by atoms with Crippen molar-refractivity contribution in [2.75, 3.05) is 6.61 Å². The maximum atomic E-state index is 13.2. The highest BCUT2D eigenvalue weighted by molar-refractivity contribution is 5.77. The molecule has 364 valence electrons. The van der Waals surface area contributed by atoms with E-state index in [1.54, 1.807) is 0 Å². The molecule has 0 aliphatic heterocycles. The van der Waals surface area contributed by atoms with E-state index in [4.69, 9.17) is 4.74 Å². The monoisotopic (exact) mass is 872 g/mol. The van der Waals surface area contributed by atoms with Crippen LogP contribution in [-0.4, -0.2) is 46.9 Å². The molecule has 0 fully saturated rings. The van der Waals surface area contributed by atoms with E-state index in [2.05, 4.69) is 62.5 Å². The van der Waals surface area contributed by atoms with Gasteiger partial charge in [0, 0.05) is 6.42 Å². The molecule has 6 heteroatoms. The fraction of sp³-hybridized carbons (Fsp3) is 0.857. The molecule has 0 aromatic carbocycles. The van der Waals surface area contributed by atoms with E-state index in [1.807, 2.05) is 0 Å². The van der Waals surface area contributed by atoms with Crippen LogP contribution in [0.1, 0.15) is 284 Å². The Morgan fingerprint density at radius 1 is 0.484 bits per heavy atom. The first-order valence-electron chi connectivity index (χ1n) is 27.2. The standard InChI is InChI=1S/C56H105NO5/c1-4-7-10-13-16-19-22-25-27-28-29-30-32-35-38-41-44-47-52(62-56(61)49-46-43-40-37-34-31-26-23-20-17-14-11-8-5-2)50-55(60)57-53(51-58)54(59)48-45-42-39-36-33-24-21-18-15-12-9-6-3/h8,11,17,20,25,27,52-54,58-59H,4-7,9-10,12-16,18-19,21-24,26,28-51H2,1-3H3,(H,57,60)/b11-8+,20-17+,27-25+. The normalized spacial score (nSPS) is 13.4. The van der Waals surface area contributed by atoms with Crippen molar-refractivity contribution < 1.29 is 24.5 Å². The molecule has 0 rings (SSSR count). The van der Waals surface area contributed by atoms with E-state index in [0.29, 0.717) is 19.3 Å². The summed E-state index contributed by atoms with van der Waals surface area (Å²) < 4.78 is 5.95. The van der Waals surface area contributed by atoms with Gasteiger partial charge in [0.05, 0.1) is 25.2 Å². The summed E-state index contributed by atoms with van der Waals surface area (Å²) in [5.41, 5.74) is 0. The number of ether oxygens (including phenoxy) is 1. The number of allylic oxidation sites excluding steroid dienone is 6. The average molecular weight is 872 g/mol. The highest BCUT2D eigenvalue weighted by Gasteiger charge is 2.24. The van der Waals surface area contributed by atoms with Crippen LogP contribution in [0.3, 0.4) is 0 Å². The molecule has 0 aromatic heterocycles. The molecule has 0 aliphatic rings. The van der Waals surface area contributed by atoms with Gasteiger partial charge in [0.15, 0.2) is 0 Å². The Kier molecular flexibility index (Phi) is 48.5. The predicted molar refractivity (Wildman–Crippen MR) is 269 cm³/mol. The van der Waals surface area contributed by atoms with Gasteiger partial charge in [-0.15, -0.1) is 0 Å². The predicted octanol–water partition coefficient (Wildman–Crippen LogP) is 16.5. The lowest BCUT2D eigenvalue weighted by Crippen LogP contribution is -2.46. The molecule has 0 heterocycles. The van der Waals surface area contributed by atoms with Crippen molar-refractivity contribution in [2.45, 2.75) is 302 Å². The van der Waals surface area contributed by atoms with E-state index < -0.39 is 18.2 Å². The molecule has 3 unspecified atom stereocenters. The molecule has 0 radical (unpaired) electrons. The van der Waals surface area contributed by atoms with Crippen LogP contribution in [0.2, 0.25) is 0 Å². The summed E-state index contributed by atoms with van der Waals surface area (Å²) in [4.78, 5) is 26.2. The molecule has 0 saturated carbocycles. The maximum absolute atomic E-state index is 13.2. The van der Waals surface area contributed by atoms with Crippen LogP contribution in [0, 0.1) is 0 Å². The topological polar surface area (TPSA) is 95.9 Å². The zero-order valence-corrected chi connectivity index (χ0v) is 41.5. The number of esters is 1. The Balaban J connectivity index is 4.57. The minimum absolute atomic E-state index is 0.0740. The zero-order valence-electron chi connectivity index (χ0n) is 41.5. The number of carbonyl (C=O) groups excluding carboxylic acids is 2. The van der Waals surface area contributed by atoms with Gasteiger partial charge in [-0.05, 0) is 77.0 Å². The van der Waals surface area contributed by atoms with Crippen LogP contribution in [0.4, 0.5) is 0 Å². The Bertz CT molecular complexity index is 1020. The fourth-order valence-electron chi connectivity index (χ4n) is 8.35. The number of aliphatic hydroxyl groups is 2. The van der Waals surface area contributed by atoms with Crippen LogP contribution in [0.15, 0.2) is 36.5 Å². The first-order chi connectivity index (χ1) is 30.5. The number of amides is 1. The summed E-state index contributed by atoms with van der Waals surface area (Å²) in [6.07, 6.45) is 59.2. The first-order valence-corrected chi connectivity index (χ1v) is 27.2. The van der Waals surface area contributed by atoms with Crippen LogP contribution < -0.4 is 5.32 Å². The number of unbranched alkanes of at least 4 members (excludes halogenated alkanes) is 31. The lowest BCUT2D eigenvalue weighted by atomic mass is 10.0. The molecule has 6 nitrogen and oxygen atoms in total. The summed E-state index contributed by atoms with van der Waals surface area (Å²) >= 11 is 0. The van der Waals surface area contributed by atoms with Gasteiger partial charge in [-0.2, -0.15) is 0 Å². The quantitative estimate of drug-likeness (QED) is 0.0321. The highest BCUT2D eigenvalue weighted by Crippen LogP contribution is 2.18. The minimum atomic E-state index is -0.788. The molecule has 62 heavy (non-hydrogen) atoms. The van der Waals surface area contributed by atoms with Gasteiger partial charge in [-0.3, -0.25) is 9.59 Å². The summed E-state index contributed by atoms with van der Waals surface area (Å²) in [6.45, 7) is 6.39. The average Bonchev–Trinajstić information content (AvgIpc) is 3.26. The van der Waals surface area contributed by atoms with Gasteiger partial charge in [0.1, 0.15) is 6.10 Å². The highest BCUT2D eigenvalue weighted by atomic mass is 16.5. The third kappa shape index (κ3) is 44.7. The van der Waals surface area contributed by atoms with Crippen LogP contribution >= 0.6 is 0 Å². The first kappa shape index (κ1) is 60.1. The summed E-state index contributed by atoms with van der Waals surface area (Å²) in [5, 5.41) is 23.8. The summed E-state index contributed by atoms with van der Waals surface area (Å²) in [7, 11) is 0. The molecule has 0 aromatic rings. The van der Waals surface area contributed by atoms with E-state index in [0.717, 1.165) is 70.6 Å². The number of aliphatic hydroxyl groups excluding tert-OH is 2. The number of carbonyl (C=O) groups is 2. The largest absolute Gasteiger partial charge is 0.462 e. The third-order valence-corrected chi connectivity index (χ3v) is 12.5. The molecular weight excluding hydrogens is 767 g/mol. The van der Waals surface area contributed by atoms with Crippen molar-refractivity contribution in [2.24, 2.45) is 0 Å². The molecule has 1 amide bonds. The smallest absolute Gasteiger partial charge is 0.306 e. The van der Waals surface area contributed by atoms with Crippen molar-refractivity contribution in [1.29, 1.82) is 0 Å². The number of rotatable bonds is 49. The SMILES string of the molecule is CC/C=C/C/C=C/CCCCCCCCCC(=O)OC(CCCCCCCCC/C=C/CCCCCCCC)CC(=O)NC(CO)C(O)CCCCCCCCCCCCCC. The van der Waals surface area contributed by atoms with Gasteiger partial charge < -0.3 is 20.3 Å². The van der Waals surface area contributed by atoms with Gasteiger partial charge in [-0.1, -0.05) is 231 Å². The van der Waals surface area contributed by atoms with Crippen LogP contribution in [0.25, 0.3) is 0 Å². The van der Waals surface area contributed by atoms with E-state index in [9.17, 15) is 19.8 Å². The molecule has 0 aliphatic carbocycles. The second-order valence-electron chi connectivity index (χ2n) is 18.6. The van der Waals surface area contributed by atoms with Gasteiger partial charge in [-0.25, -0.2) is 0 Å².